The Hall–Kier alpha value is -3.37. The fourth-order valence-corrected chi connectivity index (χ4v) is 5.62. The van der Waals surface area contributed by atoms with Crippen LogP contribution in [0.25, 0.3) is 11.3 Å². The lowest BCUT2D eigenvalue weighted by Crippen LogP contribution is -2.33. The summed E-state index contributed by atoms with van der Waals surface area (Å²) < 4.78 is 41.9. The molecule has 1 atom stereocenters. The maximum absolute atomic E-state index is 13.1. The van der Waals surface area contributed by atoms with Crippen LogP contribution in [0.3, 0.4) is 0 Å². The van der Waals surface area contributed by atoms with Crippen LogP contribution >= 0.6 is 0 Å². The van der Waals surface area contributed by atoms with Crippen molar-refractivity contribution in [3.05, 3.63) is 76.3 Å². The number of amides is 1. The first-order valence-electron chi connectivity index (χ1n) is 10.9. The molecule has 1 aromatic heterocycles. The van der Waals surface area contributed by atoms with Crippen LogP contribution in [0.5, 0.6) is 0 Å². The largest absolute Gasteiger partial charge is 0.324 e. The van der Waals surface area contributed by atoms with E-state index >= 15 is 0 Å². The van der Waals surface area contributed by atoms with Gasteiger partial charge in [-0.3, -0.25) is 9.59 Å². The molecule has 1 N–H and O–H groups in total. The highest BCUT2D eigenvalue weighted by molar-refractivity contribution is 7.89. The first-order valence-corrected chi connectivity index (χ1v) is 12.4. The van der Waals surface area contributed by atoms with Gasteiger partial charge in [0.25, 0.3) is 5.56 Å². The topological polar surface area (TPSA) is 101 Å². The van der Waals surface area contributed by atoms with Crippen LogP contribution in [0.4, 0.5) is 10.1 Å². The highest BCUT2D eigenvalue weighted by Crippen LogP contribution is 2.28. The Balaban J connectivity index is 1.65. The molecule has 1 amide bonds. The molecule has 2 heterocycles. The van der Waals surface area contributed by atoms with E-state index in [-0.39, 0.29) is 4.90 Å². The maximum Gasteiger partial charge on any atom is 0.267 e. The number of carbonyl (C=O) groups excluding carboxylic acids is 1. The van der Waals surface area contributed by atoms with E-state index in [4.69, 9.17) is 0 Å². The second kappa shape index (κ2) is 9.47. The van der Waals surface area contributed by atoms with Crippen LogP contribution in [0.15, 0.2) is 64.3 Å². The van der Waals surface area contributed by atoms with E-state index in [9.17, 15) is 22.4 Å². The Morgan fingerprint density at radius 1 is 1.06 bits per heavy atom. The molecular formula is C24H25FN4O4S. The summed E-state index contributed by atoms with van der Waals surface area (Å²) in [6, 6.07) is 12.1. The number of aromatic nitrogens is 2. The summed E-state index contributed by atoms with van der Waals surface area (Å²) in [6.07, 6.45) is 1.67. The second-order valence-corrected chi connectivity index (χ2v) is 10.2. The second-order valence-electron chi connectivity index (χ2n) is 8.26. The molecule has 0 unspecified atom stereocenters. The lowest BCUT2D eigenvalue weighted by molar-refractivity contribution is -0.119. The Kier molecular flexibility index (Phi) is 6.63. The number of hydrogen-bond donors (Lipinski definition) is 1. The summed E-state index contributed by atoms with van der Waals surface area (Å²) in [7, 11) is -3.64. The van der Waals surface area contributed by atoms with Crippen molar-refractivity contribution < 1.29 is 17.6 Å². The molecule has 8 nitrogen and oxygen atoms in total. The van der Waals surface area contributed by atoms with Crippen LogP contribution in [0.1, 0.15) is 31.4 Å². The molecule has 3 aromatic rings. The van der Waals surface area contributed by atoms with Crippen LogP contribution in [0, 0.1) is 12.7 Å². The van der Waals surface area contributed by atoms with E-state index in [1.165, 1.54) is 47.6 Å². The van der Waals surface area contributed by atoms with Crippen LogP contribution < -0.4 is 10.9 Å². The molecule has 178 valence electrons. The van der Waals surface area contributed by atoms with E-state index in [0.29, 0.717) is 35.6 Å². The van der Waals surface area contributed by atoms with E-state index in [1.54, 1.807) is 25.1 Å². The summed E-state index contributed by atoms with van der Waals surface area (Å²) in [4.78, 5) is 25.4. The van der Waals surface area contributed by atoms with Crippen LogP contribution in [0.2, 0.25) is 0 Å². The number of halogens is 1. The van der Waals surface area contributed by atoms with Gasteiger partial charge in [0, 0.05) is 30.4 Å². The van der Waals surface area contributed by atoms with Gasteiger partial charge in [-0.1, -0.05) is 12.1 Å². The molecule has 2 aromatic carbocycles. The minimum absolute atomic E-state index is 0.202. The van der Waals surface area contributed by atoms with Gasteiger partial charge in [-0.2, -0.15) is 9.40 Å². The molecule has 10 heteroatoms. The summed E-state index contributed by atoms with van der Waals surface area (Å²) >= 11 is 0. The SMILES string of the molecule is Cc1ccc(-c2ccc(=O)n([C@@H](C)C(=O)Nc3ccc(F)cc3)n2)cc1S(=O)(=O)N1CCCC1. The maximum atomic E-state index is 13.1. The Morgan fingerprint density at radius 2 is 1.74 bits per heavy atom. The molecule has 0 spiro atoms. The molecule has 0 bridgehead atoms. The molecule has 4 rings (SSSR count). The summed E-state index contributed by atoms with van der Waals surface area (Å²) in [5.74, 6) is -0.930. The minimum Gasteiger partial charge on any atom is -0.324 e. The highest BCUT2D eigenvalue weighted by Gasteiger charge is 2.29. The third-order valence-corrected chi connectivity index (χ3v) is 7.89. The van der Waals surface area contributed by atoms with Crippen molar-refractivity contribution >= 4 is 21.6 Å². The quantitative estimate of drug-likeness (QED) is 0.578. The first-order chi connectivity index (χ1) is 16.2. The molecule has 1 fully saturated rings. The number of aryl methyl sites for hydroxylation is 1. The number of benzene rings is 2. The molecule has 1 aliphatic rings. The lowest BCUT2D eigenvalue weighted by Gasteiger charge is -2.18. The molecule has 1 saturated heterocycles. The monoisotopic (exact) mass is 484 g/mol. The number of sulfonamides is 1. The number of rotatable bonds is 6. The zero-order chi connectivity index (χ0) is 24.5. The molecule has 0 aliphatic carbocycles. The fraction of sp³-hybridized carbons (Fsp3) is 0.292. The van der Waals surface area contributed by atoms with Crippen molar-refractivity contribution in [2.45, 2.75) is 37.6 Å². The van der Waals surface area contributed by atoms with E-state index < -0.39 is 33.3 Å². The highest BCUT2D eigenvalue weighted by atomic mass is 32.2. The lowest BCUT2D eigenvalue weighted by atomic mass is 10.1. The van der Waals surface area contributed by atoms with Gasteiger partial charge in [0.05, 0.1) is 10.6 Å². The Morgan fingerprint density at radius 3 is 2.41 bits per heavy atom. The minimum atomic E-state index is -3.64. The van der Waals surface area contributed by atoms with Gasteiger partial charge in [0.2, 0.25) is 15.9 Å². The van der Waals surface area contributed by atoms with Gasteiger partial charge in [-0.05, 0) is 68.7 Å². The first kappa shape index (κ1) is 23.8. The Labute approximate surface area is 197 Å². The molecule has 0 saturated carbocycles. The van der Waals surface area contributed by atoms with Gasteiger partial charge < -0.3 is 5.32 Å². The van der Waals surface area contributed by atoms with Crippen molar-refractivity contribution in [2.75, 3.05) is 18.4 Å². The average Bonchev–Trinajstić information content (AvgIpc) is 3.37. The normalized spacial score (nSPS) is 15.3. The Bertz CT molecular complexity index is 1380. The van der Waals surface area contributed by atoms with Crippen molar-refractivity contribution in [3.8, 4) is 11.3 Å². The van der Waals surface area contributed by atoms with Crippen molar-refractivity contribution in [2.24, 2.45) is 0 Å². The number of anilines is 1. The van der Waals surface area contributed by atoms with E-state index in [0.717, 1.165) is 17.5 Å². The molecule has 34 heavy (non-hydrogen) atoms. The van der Waals surface area contributed by atoms with Crippen LogP contribution in [-0.4, -0.2) is 41.5 Å². The molecular weight excluding hydrogens is 459 g/mol. The third-order valence-electron chi connectivity index (χ3n) is 5.85. The number of nitrogens with zero attached hydrogens (tertiary/aromatic N) is 3. The predicted octanol–water partition coefficient (Wildman–Crippen LogP) is 3.34. The zero-order valence-electron chi connectivity index (χ0n) is 18.9. The van der Waals surface area contributed by atoms with Crippen LogP contribution in [-0.2, 0) is 14.8 Å². The molecule has 1 aliphatic heterocycles. The summed E-state index contributed by atoms with van der Waals surface area (Å²) in [5.41, 5.74) is 1.40. The third kappa shape index (κ3) is 4.78. The van der Waals surface area contributed by atoms with Crippen molar-refractivity contribution in [1.82, 2.24) is 14.1 Å². The van der Waals surface area contributed by atoms with Gasteiger partial charge in [0.15, 0.2) is 0 Å². The number of carbonyl (C=O) groups is 1. The smallest absolute Gasteiger partial charge is 0.267 e. The standard InChI is InChI=1S/C24H25FN4O4S/c1-16-5-6-18(15-22(16)34(32,33)28-13-3-4-14-28)21-11-12-23(30)29(27-21)17(2)24(31)26-20-9-7-19(25)8-10-20/h5-12,15,17H,3-4,13-14H2,1-2H3,(H,26,31)/t17-/m0/s1. The average molecular weight is 485 g/mol. The summed E-state index contributed by atoms with van der Waals surface area (Å²) in [5, 5.41) is 6.98. The number of hydrogen-bond acceptors (Lipinski definition) is 5. The fourth-order valence-electron chi connectivity index (χ4n) is 3.85. The number of nitrogens with one attached hydrogen (secondary N) is 1. The van der Waals surface area contributed by atoms with Gasteiger partial charge >= 0.3 is 0 Å². The van der Waals surface area contributed by atoms with Crippen molar-refractivity contribution in [1.29, 1.82) is 0 Å². The summed E-state index contributed by atoms with van der Waals surface area (Å²) in [6.45, 7) is 4.25. The zero-order valence-corrected chi connectivity index (χ0v) is 19.7. The van der Waals surface area contributed by atoms with Gasteiger partial charge in [-0.15, -0.1) is 0 Å². The van der Waals surface area contributed by atoms with Gasteiger partial charge in [-0.25, -0.2) is 17.5 Å². The van der Waals surface area contributed by atoms with Crippen molar-refractivity contribution in [3.63, 3.8) is 0 Å². The van der Waals surface area contributed by atoms with E-state index in [2.05, 4.69) is 10.4 Å². The molecule has 0 radical (unpaired) electrons. The predicted molar refractivity (Wildman–Crippen MR) is 126 cm³/mol. The van der Waals surface area contributed by atoms with E-state index in [1.807, 2.05) is 0 Å². The van der Waals surface area contributed by atoms with Gasteiger partial charge in [0.1, 0.15) is 11.9 Å².